The van der Waals surface area contributed by atoms with Crippen LogP contribution in [0.3, 0.4) is 0 Å². The van der Waals surface area contributed by atoms with Crippen molar-refractivity contribution in [3.63, 3.8) is 0 Å². The van der Waals surface area contributed by atoms with Crippen LogP contribution in [0.1, 0.15) is 19.8 Å². The van der Waals surface area contributed by atoms with Gasteiger partial charge in [-0.2, -0.15) is 0 Å². The molecule has 1 heterocycles. The summed E-state index contributed by atoms with van der Waals surface area (Å²) in [5, 5.41) is 8.60. The Morgan fingerprint density at radius 2 is 1.83 bits per heavy atom. The Kier molecular flexibility index (Phi) is 2.68. The van der Waals surface area contributed by atoms with E-state index in [4.69, 9.17) is 5.11 Å². The number of carbonyl (C=O) groups excluding carboxylic acids is 1. The molecule has 1 aliphatic rings. The fraction of sp³-hybridized carbons (Fsp3) is 0.750. The van der Waals surface area contributed by atoms with Crippen LogP contribution >= 0.6 is 0 Å². The molecule has 0 aliphatic carbocycles. The molecule has 0 atom stereocenters. The number of likely N-dealkylation sites (tertiary alicyclic amines) is 1. The molecular weight excluding hydrogens is 158 g/mol. The number of amides is 1. The van der Waals surface area contributed by atoms with Crippen LogP contribution in [-0.2, 0) is 4.79 Å². The number of piperidine rings is 1. The molecule has 0 unspecified atom stereocenters. The molecule has 1 saturated heterocycles. The maximum Gasteiger partial charge on any atom is 0.407 e. The van der Waals surface area contributed by atoms with Gasteiger partial charge in [0.05, 0.1) is 0 Å². The highest BCUT2D eigenvalue weighted by molar-refractivity contribution is 5.78. The fourth-order valence-electron chi connectivity index (χ4n) is 1.48. The van der Waals surface area contributed by atoms with Gasteiger partial charge in [-0.15, -0.1) is 0 Å². The van der Waals surface area contributed by atoms with E-state index in [1.54, 1.807) is 6.92 Å². The van der Waals surface area contributed by atoms with Crippen molar-refractivity contribution >= 4 is 11.9 Å². The van der Waals surface area contributed by atoms with Crippen molar-refractivity contribution in [2.75, 3.05) is 13.1 Å². The number of hydrogen-bond acceptors (Lipinski definition) is 2. The summed E-state index contributed by atoms with van der Waals surface area (Å²) in [6.07, 6.45) is 0.487. The summed E-state index contributed by atoms with van der Waals surface area (Å²) in [6, 6.07) is 0. The molecule has 0 aromatic carbocycles. The highest BCUT2D eigenvalue weighted by atomic mass is 16.4. The first kappa shape index (κ1) is 9.03. The molecule has 0 radical (unpaired) electrons. The Balaban J connectivity index is 2.39. The second-order valence-corrected chi connectivity index (χ2v) is 3.15. The van der Waals surface area contributed by atoms with Crippen molar-refractivity contribution in [2.45, 2.75) is 19.8 Å². The highest BCUT2D eigenvalue weighted by Crippen LogP contribution is 2.17. The van der Waals surface area contributed by atoms with Crippen LogP contribution in [0.2, 0.25) is 0 Å². The average molecular weight is 171 g/mol. The van der Waals surface area contributed by atoms with E-state index in [0.717, 1.165) is 0 Å². The van der Waals surface area contributed by atoms with Gasteiger partial charge in [0, 0.05) is 19.0 Å². The number of rotatable bonds is 1. The summed E-state index contributed by atoms with van der Waals surface area (Å²) < 4.78 is 0. The summed E-state index contributed by atoms with van der Waals surface area (Å²) in [7, 11) is 0. The molecule has 68 valence electrons. The maximum absolute atomic E-state index is 10.9. The molecule has 12 heavy (non-hydrogen) atoms. The lowest BCUT2D eigenvalue weighted by molar-refractivity contribution is -0.122. The molecular formula is C8H13NO3. The third kappa shape index (κ3) is 1.96. The van der Waals surface area contributed by atoms with E-state index in [0.29, 0.717) is 25.9 Å². The molecule has 1 N–H and O–H groups in total. The summed E-state index contributed by atoms with van der Waals surface area (Å²) >= 11 is 0. The topological polar surface area (TPSA) is 57.6 Å². The van der Waals surface area contributed by atoms with E-state index in [1.165, 1.54) is 4.90 Å². The van der Waals surface area contributed by atoms with Gasteiger partial charge in [-0.05, 0) is 19.8 Å². The van der Waals surface area contributed by atoms with Crippen molar-refractivity contribution in [2.24, 2.45) is 5.92 Å². The van der Waals surface area contributed by atoms with Crippen LogP contribution in [0.25, 0.3) is 0 Å². The summed E-state index contributed by atoms with van der Waals surface area (Å²) in [4.78, 5) is 22.7. The maximum atomic E-state index is 10.9. The average Bonchev–Trinajstić information content (AvgIpc) is 2.04. The van der Waals surface area contributed by atoms with E-state index < -0.39 is 6.09 Å². The Morgan fingerprint density at radius 1 is 1.33 bits per heavy atom. The van der Waals surface area contributed by atoms with E-state index in [2.05, 4.69) is 0 Å². The third-order valence-corrected chi connectivity index (χ3v) is 2.34. The number of hydrogen-bond donors (Lipinski definition) is 1. The zero-order valence-electron chi connectivity index (χ0n) is 7.12. The Morgan fingerprint density at radius 3 is 2.17 bits per heavy atom. The van der Waals surface area contributed by atoms with Gasteiger partial charge in [0.2, 0.25) is 0 Å². The minimum atomic E-state index is -0.878. The van der Waals surface area contributed by atoms with Crippen molar-refractivity contribution in [1.82, 2.24) is 4.90 Å². The molecule has 1 fully saturated rings. The van der Waals surface area contributed by atoms with Crippen molar-refractivity contribution < 1.29 is 14.7 Å². The first-order chi connectivity index (χ1) is 5.61. The van der Waals surface area contributed by atoms with Gasteiger partial charge in [-0.1, -0.05) is 0 Å². The number of carboxylic acid groups (broad SMARTS) is 1. The third-order valence-electron chi connectivity index (χ3n) is 2.34. The first-order valence-corrected chi connectivity index (χ1v) is 4.09. The number of nitrogens with zero attached hydrogens (tertiary/aromatic N) is 1. The zero-order valence-corrected chi connectivity index (χ0v) is 7.12. The van der Waals surface area contributed by atoms with Crippen LogP contribution in [0.4, 0.5) is 4.79 Å². The van der Waals surface area contributed by atoms with Crippen LogP contribution in [0.15, 0.2) is 0 Å². The SMILES string of the molecule is CC(=O)C1CCN(C(=O)O)CC1. The number of ketones is 1. The minimum absolute atomic E-state index is 0.0839. The van der Waals surface area contributed by atoms with Gasteiger partial charge < -0.3 is 10.0 Å². The monoisotopic (exact) mass is 171 g/mol. The van der Waals surface area contributed by atoms with E-state index >= 15 is 0 Å². The lowest BCUT2D eigenvalue weighted by Gasteiger charge is -2.28. The van der Waals surface area contributed by atoms with Gasteiger partial charge in [-0.25, -0.2) is 4.79 Å². The largest absolute Gasteiger partial charge is 0.465 e. The van der Waals surface area contributed by atoms with Gasteiger partial charge in [0.15, 0.2) is 0 Å². The van der Waals surface area contributed by atoms with Gasteiger partial charge in [-0.3, -0.25) is 4.79 Å². The molecule has 0 spiro atoms. The van der Waals surface area contributed by atoms with Crippen molar-refractivity contribution in [3.8, 4) is 0 Å². The van der Waals surface area contributed by atoms with Crippen LogP contribution < -0.4 is 0 Å². The number of Topliss-reactive ketones (excluding diaryl/α,β-unsaturated/α-hetero) is 1. The molecule has 0 saturated carbocycles. The molecule has 0 bridgehead atoms. The van der Waals surface area contributed by atoms with E-state index in [9.17, 15) is 9.59 Å². The molecule has 4 heteroatoms. The van der Waals surface area contributed by atoms with Crippen LogP contribution in [0, 0.1) is 5.92 Å². The molecule has 1 rings (SSSR count). The normalized spacial score (nSPS) is 19.2. The summed E-state index contributed by atoms with van der Waals surface area (Å²) in [5.74, 6) is 0.264. The van der Waals surface area contributed by atoms with Crippen molar-refractivity contribution in [1.29, 1.82) is 0 Å². The second kappa shape index (κ2) is 3.56. The summed E-state index contributed by atoms with van der Waals surface area (Å²) in [6.45, 7) is 2.57. The molecule has 1 aliphatic heterocycles. The van der Waals surface area contributed by atoms with Gasteiger partial charge in [0.25, 0.3) is 0 Å². The van der Waals surface area contributed by atoms with Crippen molar-refractivity contribution in [3.05, 3.63) is 0 Å². The van der Waals surface area contributed by atoms with E-state index in [-0.39, 0.29) is 11.7 Å². The minimum Gasteiger partial charge on any atom is -0.465 e. The number of carbonyl (C=O) groups is 2. The standard InChI is InChI=1S/C8H13NO3/c1-6(10)7-2-4-9(5-3-7)8(11)12/h7H,2-5H2,1H3,(H,11,12). The quantitative estimate of drug-likeness (QED) is 0.639. The molecule has 0 aromatic rings. The van der Waals surface area contributed by atoms with Gasteiger partial charge >= 0.3 is 6.09 Å². The lowest BCUT2D eigenvalue weighted by atomic mass is 9.94. The van der Waals surface area contributed by atoms with Crippen LogP contribution in [-0.4, -0.2) is 35.0 Å². The summed E-state index contributed by atoms with van der Waals surface area (Å²) in [5.41, 5.74) is 0. The van der Waals surface area contributed by atoms with E-state index in [1.807, 2.05) is 0 Å². The second-order valence-electron chi connectivity index (χ2n) is 3.15. The molecule has 1 amide bonds. The fourth-order valence-corrected chi connectivity index (χ4v) is 1.48. The zero-order chi connectivity index (χ0) is 9.14. The highest BCUT2D eigenvalue weighted by Gasteiger charge is 2.24. The van der Waals surface area contributed by atoms with Gasteiger partial charge in [0.1, 0.15) is 5.78 Å². The van der Waals surface area contributed by atoms with Crippen LogP contribution in [0.5, 0.6) is 0 Å². The first-order valence-electron chi connectivity index (χ1n) is 4.09. The Bertz CT molecular complexity index is 172. The molecule has 0 aromatic heterocycles. The Hall–Kier alpha value is -1.06. The predicted octanol–water partition coefficient (Wildman–Crippen LogP) is 0.965. The lowest BCUT2D eigenvalue weighted by Crippen LogP contribution is -2.38. The molecule has 4 nitrogen and oxygen atoms in total. The predicted molar refractivity (Wildman–Crippen MR) is 43.0 cm³/mol. The Labute approximate surface area is 71.2 Å². The smallest absolute Gasteiger partial charge is 0.407 e.